The van der Waals surface area contributed by atoms with Gasteiger partial charge in [0.05, 0.1) is 23.4 Å². The number of benzene rings is 2. The summed E-state index contributed by atoms with van der Waals surface area (Å²) in [5.74, 6) is 0. The number of aromatic nitrogens is 1. The second-order valence-corrected chi connectivity index (χ2v) is 7.87. The van der Waals surface area contributed by atoms with E-state index in [9.17, 15) is 0 Å². The van der Waals surface area contributed by atoms with Gasteiger partial charge in [-0.3, -0.25) is 9.80 Å². The van der Waals surface area contributed by atoms with Gasteiger partial charge in [0.1, 0.15) is 0 Å². The lowest BCUT2D eigenvalue weighted by Gasteiger charge is -2.25. The molecule has 3 aromatic rings. The standard InChI is InChI=1S/C23H33N5/c1-7-22(27(3)4)24-18-11-9-16-13-17-10-12-19(25-23(8-2)28(5)6)15-21(17)26-20(16)14-18/h9-15,22-25H,7-8H2,1-6H3. The Bertz CT molecular complexity index is 862. The lowest BCUT2D eigenvalue weighted by Crippen LogP contribution is -2.34. The summed E-state index contributed by atoms with van der Waals surface area (Å²) < 4.78 is 0. The molecule has 2 atom stereocenters. The van der Waals surface area contributed by atoms with Gasteiger partial charge in [0.15, 0.2) is 0 Å². The van der Waals surface area contributed by atoms with Crippen molar-refractivity contribution in [2.24, 2.45) is 0 Å². The van der Waals surface area contributed by atoms with E-state index >= 15 is 0 Å². The third-order valence-electron chi connectivity index (χ3n) is 5.30. The summed E-state index contributed by atoms with van der Waals surface area (Å²) in [6.45, 7) is 4.38. The number of fused-ring (bicyclic) bond motifs is 2. The third kappa shape index (κ3) is 4.54. The van der Waals surface area contributed by atoms with Gasteiger partial charge >= 0.3 is 0 Å². The Morgan fingerprint density at radius 2 is 1.14 bits per heavy atom. The van der Waals surface area contributed by atoms with Crippen molar-refractivity contribution in [3.05, 3.63) is 42.5 Å². The number of anilines is 2. The molecule has 0 aliphatic rings. The van der Waals surface area contributed by atoms with Crippen LogP contribution in [-0.4, -0.2) is 55.3 Å². The quantitative estimate of drug-likeness (QED) is 0.434. The Morgan fingerprint density at radius 3 is 1.50 bits per heavy atom. The van der Waals surface area contributed by atoms with Crippen molar-refractivity contribution in [3.8, 4) is 0 Å². The maximum Gasteiger partial charge on any atom is 0.0785 e. The van der Waals surface area contributed by atoms with E-state index < -0.39 is 0 Å². The lowest BCUT2D eigenvalue weighted by molar-refractivity contribution is 0.315. The molecule has 3 rings (SSSR count). The van der Waals surface area contributed by atoms with Crippen LogP contribution in [0.5, 0.6) is 0 Å². The average Bonchev–Trinajstić information content (AvgIpc) is 2.67. The molecule has 2 aromatic carbocycles. The molecule has 0 fully saturated rings. The molecule has 0 aliphatic heterocycles. The molecule has 5 nitrogen and oxygen atoms in total. The van der Waals surface area contributed by atoms with E-state index in [1.165, 1.54) is 0 Å². The molecule has 0 saturated carbocycles. The summed E-state index contributed by atoms with van der Waals surface area (Å²) in [6, 6.07) is 15.1. The van der Waals surface area contributed by atoms with Gasteiger partial charge in [0.2, 0.25) is 0 Å². The van der Waals surface area contributed by atoms with E-state index in [-0.39, 0.29) is 0 Å². The van der Waals surface area contributed by atoms with Gasteiger partial charge in [-0.25, -0.2) is 4.98 Å². The van der Waals surface area contributed by atoms with E-state index in [2.05, 4.69) is 105 Å². The second kappa shape index (κ2) is 8.76. The van der Waals surface area contributed by atoms with Crippen LogP contribution in [0.2, 0.25) is 0 Å². The second-order valence-electron chi connectivity index (χ2n) is 7.87. The third-order valence-corrected chi connectivity index (χ3v) is 5.30. The monoisotopic (exact) mass is 379 g/mol. The molecule has 0 amide bonds. The molecule has 1 aromatic heterocycles. The summed E-state index contributed by atoms with van der Waals surface area (Å²) in [6.07, 6.45) is 2.70. The number of rotatable bonds is 8. The van der Waals surface area contributed by atoms with Crippen molar-refractivity contribution >= 4 is 33.2 Å². The number of hydrogen-bond acceptors (Lipinski definition) is 5. The molecule has 0 spiro atoms. The Hall–Kier alpha value is -2.37. The first-order chi connectivity index (χ1) is 13.4. The van der Waals surface area contributed by atoms with Gasteiger partial charge in [-0.2, -0.15) is 0 Å². The predicted molar refractivity (Wildman–Crippen MR) is 122 cm³/mol. The van der Waals surface area contributed by atoms with Crippen LogP contribution in [0.4, 0.5) is 11.4 Å². The number of nitrogens with one attached hydrogen (secondary N) is 2. The van der Waals surface area contributed by atoms with Crippen LogP contribution >= 0.6 is 0 Å². The maximum atomic E-state index is 4.95. The topological polar surface area (TPSA) is 43.4 Å². The highest BCUT2D eigenvalue weighted by atomic mass is 15.2. The largest absolute Gasteiger partial charge is 0.370 e. The minimum Gasteiger partial charge on any atom is -0.370 e. The van der Waals surface area contributed by atoms with E-state index in [0.717, 1.165) is 46.0 Å². The normalized spacial score (nSPS) is 14.0. The fourth-order valence-corrected chi connectivity index (χ4v) is 3.58. The van der Waals surface area contributed by atoms with E-state index in [0.29, 0.717) is 12.3 Å². The highest BCUT2D eigenvalue weighted by molar-refractivity contribution is 5.95. The first kappa shape index (κ1) is 20.4. The molecule has 0 saturated heterocycles. The van der Waals surface area contributed by atoms with Crippen LogP contribution in [0.25, 0.3) is 21.8 Å². The van der Waals surface area contributed by atoms with Gasteiger partial charge in [-0.15, -0.1) is 0 Å². The zero-order chi connectivity index (χ0) is 20.3. The predicted octanol–water partition coefficient (Wildman–Crippen LogP) is 4.81. The Morgan fingerprint density at radius 1 is 0.714 bits per heavy atom. The van der Waals surface area contributed by atoms with Gasteiger partial charge in [-0.05, 0) is 71.4 Å². The summed E-state index contributed by atoms with van der Waals surface area (Å²) in [4.78, 5) is 9.35. The molecule has 5 heteroatoms. The summed E-state index contributed by atoms with van der Waals surface area (Å²) in [7, 11) is 8.39. The number of nitrogens with zero attached hydrogens (tertiary/aromatic N) is 3. The highest BCUT2D eigenvalue weighted by Crippen LogP contribution is 2.25. The van der Waals surface area contributed by atoms with E-state index in [4.69, 9.17) is 4.98 Å². The van der Waals surface area contributed by atoms with Crippen LogP contribution in [-0.2, 0) is 0 Å². The fraction of sp³-hybridized carbons (Fsp3) is 0.435. The van der Waals surface area contributed by atoms with Gasteiger partial charge in [0, 0.05) is 22.1 Å². The zero-order valence-corrected chi connectivity index (χ0v) is 18.0. The van der Waals surface area contributed by atoms with Crippen LogP contribution < -0.4 is 10.6 Å². The average molecular weight is 380 g/mol. The first-order valence-corrected chi connectivity index (χ1v) is 10.1. The summed E-state index contributed by atoms with van der Waals surface area (Å²) in [5, 5.41) is 9.51. The minimum absolute atomic E-state index is 0.311. The van der Waals surface area contributed by atoms with Crippen molar-refractivity contribution in [1.29, 1.82) is 0 Å². The zero-order valence-electron chi connectivity index (χ0n) is 18.0. The molecule has 150 valence electrons. The Labute approximate surface area is 168 Å². The smallest absolute Gasteiger partial charge is 0.0785 e. The van der Waals surface area contributed by atoms with E-state index in [1.54, 1.807) is 0 Å². The molecule has 0 aliphatic carbocycles. The minimum atomic E-state index is 0.311. The molecule has 2 unspecified atom stereocenters. The summed E-state index contributed by atoms with van der Waals surface area (Å²) in [5.41, 5.74) is 4.24. The molecular formula is C23H33N5. The molecular weight excluding hydrogens is 346 g/mol. The van der Waals surface area contributed by atoms with Crippen molar-refractivity contribution in [3.63, 3.8) is 0 Å². The van der Waals surface area contributed by atoms with Crippen LogP contribution in [0.3, 0.4) is 0 Å². The Kier molecular flexibility index (Phi) is 6.37. The van der Waals surface area contributed by atoms with Crippen molar-refractivity contribution in [1.82, 2.24) is 14.8 Å². The molecule has 1 heterocycles. The molecule has 0 radical (unpaired) electrons. The van der Waals surface area contributed by atoms with Crippen molar-refractivity contribution < 1.29 is 0 Å². The van der Waals surface area contributed by atoms with Crippen molar-refractivity contribution in [2.45, 2.75) is 39.0 Å². The lowest BCUT2D eigenvalue weighted by atomic mass is 10.1. The highest BCUT2D eigenvalue weighted by Gasteiger charge is 2.11. The maximum absolute atomic E-state index is 4.95. The molecule has 2 N–H and O–H groups in total. The van der Waals surface area contributed by atoms with Gasteiger partial charge in [-0.1, -0.05) is 26.0 Å². The fourth-order valence-electron chi connectivity index (χ4n) is 3.58. The van der Waals surface area contributed by atoms with Gasteiger partial charge < -0.3 is 10.6 Å². The van der Waals surface area contributed by atoms with Crippen molar-refractivity contribution in [2.75, 3.05) is 38.8 Å². The Balaban J connectivity index is 1.93. The van der Waals surface area contributed by atoms with Crippen LogP contribution in [0, 0.1) is 0 Å². The van der Waals surface area contributed by atoms with Crippen LogP contribution in [0.1, 0.15) is 26.7 Å². The SMILES string of the molecule is CCC(Nc1ccc2cc3ccc(NC(CC)N(C)C)cc3nc2c1)N(C)C. The molecule has 0 bridgehead atoms. The van der Waals surface area contributed by atoms with E-state index in [1.807, 2.05) is 0 Å². The first-order valence-electron chi connectivity index (χ1n) is 10.1. The molecule has 28 heavy (non-hydrogen) atoms. The number of hydrogen-bond donors (Lipinski definition) is 2. The summed E-state index contributed by atoms with van der Waals surface area (Å²) >= 11 is 0. The number of pyridine rings is 1. The van der Waals surface area contributed by atoms with Crippen LogP contribution in [0.15, 0.2) is 42.5 Å². The van der Waals surface area contributed by atoms with Gasteiger partial charge in [0.25, 0.3) is 0 Å².